The molecule has 2 aromatic rings. The molecule has 1 aromatic heterocycles. The fraction of sp³-hybridized carbons (Fsp3) is 0.333. The summed E-state index contributed by atoms with van der Waals surface area (Å²) in [6.45, 7) is 2.02. The highest BCUT2D eigenvalue weighted by Crippen LogP contribution is 2.22. The zero-order valence-electron chi connectivity index (χ0n) is 11.8. The van der Waals surface area contributed by atoms with E-state index in [4.69, 9.17) is 0 Å². The van der Waals surface area contributed by atoms with E-state index in [0.717, 1.165) is 16.9 Å². The first-order chi connectivity index (χ1) is 10.0. The summed E-state index contributed by atoms with van der Waals surface area (Å²) in [7, 11) is -3.44. The summed E-state index contributed by atoms with van der Waals surface area (Å²) in [5.74, 6) is 0. The van der Waals surface area contributed by atoms with E-state index in [-0.39, 0.29) is 6.04 Å². The van der Waals surface area contributed by atoms with Gasteiger partial charge < -0.3 is 0 Å². The quantitative estimate of drug-likeness (QED) is 0.737. The van der Waals surface area contributed by atoms with Crippen molar-refractivity contribution >= 4 is 37.3 Å². The molecule has 0 saturated heterocycles. The van der Waals surface area contributed by atoms with Crippen LogP contribution in [0.3, 0.4) is 0 Å². The molecule has 0 aliphatic heterocycles. The van der Waals surface area contributed by atoms with Gasteiger partial charge in [0.25, 0.3) is 0 Å². The molecule has 114 valence electrons. The maximum Gasteiger partial charge on any atom is 0.250 e. The van der Waals surface area contributed by atoms with Gasteiger partial charge in [-0.25, -0.2) is 13.1 Å². The first-order valence-electron chi connectivity index (χ1n) is 6.76. The summed E-state index contributed by atoms with van der Waals surface area (Å²) in [6.07, 6.45) is 1.52. The van der Waals surface area contributed by atoms with Gasteiger partial charge in [0.15, 0.2) is 0 Å². The van der Waals surface area contributed by atoms with Crippen molar-refractivity contribution in [3.05, 3.63) is 52.9 Å². The van der Waals surface area contributed by atoms with Crippen molar-refractivity contribution < 1.29 is 8.42 Å². The van der Waals surface area contributed by atoms with Crippen LogP contribution in [0.2, 0.25) is 0 Å². The summed E-state index contributed by atoms with van der Waals surface area (Å²) in [4.78, 5) is 1.08. The van der Waals surface area contributed by atoms with Gasteiger partial charge in [0.2, 0.25) is 10.0 Å². The number of halogens is 1. The molecule has 0 radical (unpaired) electrons. The van der Waals surface area contributed by atoms with Gasteiger partial charge >= 0.3 is 0 Å². The largest absolute Gasteiger partial charge is 0.250 e. The lowest BCUT2D eigenvalue weighted by atomic mass is 10.1. The first kappa shape index (κ1) is 16.7. The number of nitrogens with one attached hydrogen (secondary N) is 1. The molecule has 1 heterocycles. The minimum atomic E-state index is -3.44. The van der Waals surface area contributed by atoms with Crippen LogP contribution in [-0.4, -0.2) is 19.8 Å². The molecule has 0 spiro atoms. The van der Waals surface area contributed by atoms with Crippen LogP contribution < -0.4 is 4.72 Å². The van der Waals surface area contributed by atoms with E-state index in [2.05, 4.69) is 20.7 Å². The fourth-order valence-corrected chi connectivity index (χ4v) is 5.15. The van der Waals surface area contributed by atoms with Crippen LogP contribution in [0.15, 0.2) is 46.7 Å². The van der Waals surface area contributed by atoms with Crippen molar-refractivity contribution in [3.63, 3.8) is 0 Å². The summed E-state index contributed by atoms with van der Waals surface area (Å²) in [5.41, 5.74) is 1.12. The van der Waals surface area contributed by atoms with E-state index < -0.39 is 10.0 Å². The lowest BCUT2D eigenvalue weighted by Gasteiger charge is -2.15. The van der Waals surface area contributed by atoms with E-state index in [0.29, 0.717) is 16.0 Å². The fourth-order valence-electron chi connectivity index (χ4n) is 2.00. The zero-order chi connectivity index (χ0) is 15.3. The van der Waals surface area contributed by atoms with E-state index in [1.54, 1.807) is 6.07 Å². The molecular weight excluding hydrogens is 370 g/mol. The number of hydrogen-bond donors (Lipinski definition) is 1. The summed E-state index contributed by atoms with van der Waals surface area (Å²) in [6, 6.07) is 13.3. The Kier molecular flexibility index (Phi) is 5.98. The van der Waals surface area contributed by atoms with Gasteiger partial charge in [0, 0.05) is 16.2 Å². The first-order valence-corrected chi connectivity index (χ1v) is 10.2. The van der Waals surface area contributed by atoms with Crippen molar-refractivity contribution in [3.8, 4) is 0 Å². The van der Waals surface area contributed by atoms with Crippen LogP contribution in [0.5, 0.6) is 0 Å². The molecule has 0 amide bonds. The Bertz CT molecular complexity index is 668. The van der Waals surface area contributed by atoms with Gasteiger partial charge in [0.05, 0.1) is 0 Å². The van der Waals surface area contributed by atoms with E-state index in [9.17, 15) is 8.42 Å². The average Bonchev–Trinajstić information content (AvgIpc) is 2.97. The van der Waals surface area contributed by atoms with Crippen molar-refractivity contribution in [2.75, 3.05) is 5.33 Å². The Morgan fingerprint density at radius 1 is 1.19 bits per heavy atom. The van der Waals surface area contributed by atoms with Crippen LogP contribution in [0, 0.1) is 0 Å². The molecule has 0 aliphatic carbocycles. The smallest absolute Gasteiger partial charge is 0.206 e. The van der Waals surface area contributed by atoms with Crippen molar-refractivity contribution in [1.29, 1.82) is 0 Å². The van der Waals surface area contributed by atoms with E-state index >= 15 is 0 Å². The molecule has 3 nitrogen and oxygen atoms in total. The second-order valence-corrected chi connectivity index (χ2v) is 8.49. The minimum Gasteiger partial charge on any atom is -0.206 e. The van der Waals surface area contributed by atoms with Crippen LogP contribution in [0.1, 0.15) is 17.4 Å². The second kappa shape index (κ2) is 7.54. The standard InChI is InChI=1S/C15H18BrNO2S2/c1-2-14-8-9-15(20-14)21(18,19)17-13(11-16)10-12-6-4-3-5-7-12/h3-9,13,17H,2,10-11H2,1H3. The topological polar surface area (TPSA) is 46.2 Å². The molecule has 1 unspecified atom stereocenters. The van der Waals surface area contributed by atoms with E-state index in [1.807, 2.05) is 43.3 Å². The highest BCUT2D eigenvalue weighted by atomic mass is 79.9. The normalized spacial score (nSPS) is 13.2. The van der Waals surface area contributed by atoms with Gasteiger partial charge in [-0.3, -0.25) is 0 Å². The molecule has 1 aromatic carbocycles. The van der Waals surface area contributed by atoms with E-state index in [1.165, 1.54) is 11.3 Å². The molecule has 0 saturated carbocycles. The van der Waals surface area contributed by atoms with Gasteiger partial charge in [-0.15, -0.1) is 11.3 Å². The third kappa shape index (κ3) is 4.64. The Hall–Kier alpha value is -0.690. The van der Waals surface area contributed by atoms with Crippen molar-refractivity contribution in [2.24, 2.45) is 0 Å². The predicted octanol–water partition coefficient (Wildman–Crippen LogP) is 3.60. The minimum absolute atomic E-state index is 0.162. The monoisotopic (exact) mass is 387 g/mol. The number of rotatable bonds is 7. The maximum atomic E-state index is 12.4. The number of sulfonamides is 1. The number of aryl methyl sites for hydroxylation is 1. The summed E-state index contributed by atoms with van der Waals surface area (Å²) in [5, 5.41) is 0.577. The van der Waals surface area contributed by atoms with Gasteiger partial charge in [-0.05, 0) is 30.5 Å². The Labute approximate surface area is 138 Å². The molecule has 6 heteroatoms. The van der Waals surface area contributed by atoms with Crippen LogP contribution in [0.25, 0.3) is 0 Å². The highest BCUT2D eigenvalue weighted by Gasteiger charge is 2.21. The van der Waals surface area contributed by atoms with Crippen molar-refractivity contribution in [2.45, 2.75) is 30.0 Å². The highest BCUT2D eigenvalue weighted by molar-refractivity contribution is 9.09. The van der Waals surface area contributed by atoms with Crippen molar-refractivity contribution in [1.82, 2.24) is 4.72 Å². The predicted molar refractivity (Wildman–Crippen MR) is 91.7 cm³/mol. The molecule has 0 bridgehead atoms. The number of thiophene rings is 1. The molecule has 21 heavy (non-hydrogen) atoms. The number of alkyl halides is 1. The van der Waals surface area contributed by atoms with Gasteiger partial charge in [0.1, 0.15) is 4.21 Å². The Balaban J connectivity index is 2.10. The molecular formula is C15H18BrNO2S2. The van der Waals surface area contributed by atoms with Gasteiger partial charge in [-0.2, -0.15) is 0 Å². The molecule has 0 aliphatic rings. The second-order valence-electron chi connectivity index (χ2n) is 4.74. The lowest BCUT2D eigenvalue weighted by molar-refractivity contribution is 0.564. The summed E-state index contributed by atoms with van der Waals surface area (Å²) >= 11 is 4.73. The number of benzene rings is 1. The van der Waals surface area contributed by atoms with Crippen LogP contribution in [-0.2, 0) is 22.9 Å². The Morgan fingerprint density at radius 2 is 1.90 bits per heavy atom. The lowest BCUT2D eigenvalue weighted by Crippen LogP contribution is -2.37. The average molecular weight is 388 g/mol. The third-order valence-electron chi connectivity index (χ3n) is 3.08. The molecule has 2 rings (SSSR count). The molecule has 0 fully saturated rings. The number of hydrogen-bond acceptors (Lipinski definition) is 3. The van der Waals surface area contributed by atoms with Crippen LogP contribution >= 0.6 is 27.3 Å². The zero-order valence-corrected chi connectivity index (χ0v) is 15.0. The Morgan fingerprint density at radius 3 is 2.48 bits per heavy atom. The summed E-state index contributed by atoms with van der Waals surface area (Å²) < 4.78 is 28.0. The van der Waals surface area contributed by atoms with Gasteiger partial charge in [-0.1, -0.05) is 53.2 Å². The maximum absolute atomic E-state index is 12.4. The van der Waals surface area contributed by atoms with Crippen LogP contribution in [0.4, 0.5) is 0 Å². The molecule has 1 atom stereocenters. The third-order valence-corrected chi connectivity index (χ3v) is 7.11. The SMILES string of the molecule is CCc1ccc(S(=O)(=O)NC(CBr)Cc2ccccc2)s1. The molecule has 1 N–H and O–H groups in total.